The molecule has 0 atom stereocenters. The second-order valence-electron chi connectivity index (χ2n) is 8.16. The Bertz CT molecular complexity index is 974. The van der Waals surface area contributed by atoms with Gasteiger partial charge in [-0.2, -0.15) is 4.31 Å². The lowest BCUT2D eigenvalue weighted by Gasteiger charge is -2.26. The van der Waals surface area contributed by atoms with Crippen molar-refractivity contribution in [2.45, 2.75) is 49.8 Å². The number of ether oxygens (including phenoxy) is 2. The fourth-order valence-electron chi connectivity index (χ4n) is 3.94. The summed E-state index contributed by atoms with van der Waals surface area (Å²) < 4.78 is 37.6. The van der Waals surface area contributed by atoms with Crippen LogP contribution in [-0.4, -0.2) is 75.3 Å². The van der Waals surface area contributed by atoms with Crippen LogP contribution in [-0.2, 0) is 29.1 Å². The second kappa shape index (κ2) is 11.5. The van der Waals surface area contributed by atoms with E-state index in [1.165, 1.54) is 34.5 Å². The highest BCUT2D eigenvalue weighted by molar-refractivity contribution is 7.89. The molecule has 2 heterocycles. The first kappa shape index (κ1) is 25.0. The van der Waals surface area contributed by atoms with E-state index in [0.29, 0.717) is 26.1 Å². The van der Waals surface area contributed by atoms with Gasteiger partial charge in [0.2, 0.25) is 15.9 Å². The number of rotatable bonds is 8. The third kappa shape index (κ3) is 6.67. The zero-order chi connectivity index (χ0) is 23.8. The molecule has 0 saturated carbocycles. The lowest BCUT2D eigenvalue weighted by Crippen LogP contribution is -2.36. The summed E-state index contributed by atoms with van der Waals surface area (Å²) >= 11 is 0. The third-order valence-corrected chi connectivity index (χ3v) is 7.65. The first-order chi connectivity index (χ1) is 15.8. The summed E-state index contributed by atoms with van der Waals surface area (Å²) in [6.45, 7) is 0.665. The Morgan fingerprint density at radius 3 is 2.45 bits per heavy atom. The number of amides is 2. The van der Waals surface area contributed by atoms with E-state index in [-0.39, 0.29) is 28.8 Å². The number of nitrogens with zero attached hydrogens (tertiary/aromatic N) is 2. The number of hydrogen-bond donors (Lipinski definition) is 1. The molecule has 182 valence electrons. The number of benzene rings is 1. The number of hydrogen-bond acceptors (Lipinski definition) is 7. The van der Waals surface area contributed by atoms with Crippen LogP contribution >= 0.6 is 0 Å². The van der Waals surface area contributed by atoms with Crippen molar-refractivity contribution in [3.05, 3.63) is 18.2 Å². The minimum Gasteiger partial charge on any atom is -0.495 e. The molecule has 0 aromatic heterocycles. The number of sulfonamides is 1. The van der Waals surface area contributed by atoms with Crippen LogP contribution < -0.4 is 10.1 Å². The van der Waals surface area contributed by atoms with Gasteiger partial charge in [-0.15, -0.1) is 0 Å². The molecule has 3 rings (SSSR count). The molecule has 0 radical (unpaired) electrons. The van der Waals surface area contributed by atoms with Gasteiger partial charge in [0.25, 0.3) is 5.91 Å². The second-order valence-corrected chi connectivity index (χ2v) is 10.1. The van der Waals surface area contributed by atoms with Crippen LogP contribution in [0.25, 0.3) is 0 Å². The van der Waals surface area contributed by atoms with Gasteiger partial charge in [0.1, 0.15) is 12.3 Å². The van der Waals surface area contributed by atoms with Crippen molar-refractivity contribution in [1.29, 1.82) is 0 Å². The molecule has 0 unspecified atom stereocenters. The monoisotopic (exact) mass is 481 g/mol. The quantitative estimate of drug-likeness (QED) is 0.561. The molecule has 2 amide bonds. The molecule has 2 aliphatic heterocycles. The maximum Gasteiger partial charge on any atom is 0.326 e. The van der Waals surface area contributed by atoms with E-state index in [2.05, 4.69) is 5.32 Å². The molecule has 0 aliphatic carbocycles. The summed E-state index contributed by atoms with van der Waals surface area (Å²) in [6.07, 6.45) is 5.61. The molecule has 1 N–H and O–H groups in total. The summed E-state index contributed by atoms with van der Waals surface area (Å²) in [4.78, 5) is 38.0. The Morgan fingerprint density at radius 2 is 1.73 bits per heavy atom. The number of esters is 1. The van der Waals surface area contributed by atoms with Crippen LogP contribution in [0.15, 0.2) is 23.1 Å². The maximum atomic E-state index is 13.0. The van der Waals surface area contributed by atoms with Gasteiger partial charge in [-0.25, -0.2) is 8.42 Å². The number of methoxy groups -OCH3 is 1. The van der Waals surface area contributed by atoms with Crippen molar-refractivity contribution in [1.82, 2.24) is 9.21 Å². The van der Waals surface area contributed by atoms with Gasteiger partial charge < -0.3 is 19.7 Å². The number of piperidine rings is 1. The Morgan fingerprint density at radius 1 is 1.03 bits per heavy atom. The van der Waals surface area contributed by atoms with E-state index in [4.69, 9.17) is 9.47 Å². The first-order valence-corrected chi connectivity index (χ1v) is 12.7. The predicted octanol–water partition coefficient (Wildman–Crippen LogP) is 1.75. The van der Waals surface area contributed by atoms with E-state index in [9.17, 15) is 22.8 Å². The topological polar surface area (TPSA) is 122 Å². The van der Waals surface area contributed by atoms with Crippen molar-refractivity contribution in [2.75, 3.05) is 45.2 Å². The van der Waals surface area contributed by atoms with Crippen LogP contribution in [0.4, 0.5) is 5.69 Å². The van der Waals surface area contributed by atoms with E-state index in [1.54, 1.807) is 0 Å². The zero-order valence-electron chi connectivity index (χ0n) is 18.9. The Kier molecular flexibility index (Phi) is 8.67. The molecule has 2 saturated heterocycles. The summed E-state index contributed by atoms with van der Waals surface area (Å²) in [5.41, 5.74) is 0.166. The number of carbonyl (C=O) groups is 3. The van der Waals surface area contributed by atoms with Gasteiger partial charge in [-0.1, -0.05) is 12.8 Å². The standard InChI is InChI=1S/C22H31N3O7S/c1-31-19-10-9-17(33(29,30)25-12-6-3-7-13-25)14-18(19)23-20(26)16-32-22(28)15-24-11-5-2-4-8-21(24)27/h9-10,14H,2-8,11-13,15-16H2,1H3,(H,23,26). The summed E-state index contributed by atoms with van der Waals surface area (Å²) in [7, 11) is -2.29. The van der Waals surface area contributed by atoms with Crippen LogP contribution in [0, 0.1) is 0 Å². The van der Waals surface area contributed by atoms with Crippen molar-refractivity contribution in [3.8, 4) is 5.75 Å². The smallest absolute Gasteiger partial charge is 0.326 e. The number of nitrogens with one attached hydrogen (secondary N) is 1. The molecule has 33 heavy (non-hydrogen) atoms. The average Bonchev–Trinajstić information content (AvgIpc) is 3.02. The maximum absolute atomic E-state index is 13.0. The zero-order valence-corrected chi connectivity index (χ0v) is 19.7. The summed E-state index contributed by atoms with van der Waals surface area (Å²) in [5.74, 6) is -1.13. The molecule has 1 aromatic carbocycles. The molecule has 2 fully saturated rings. The fourth-order valence-corrected chi connectivity index (χ4v) is 5.48. The van der Waals surface area contributed by atoms with Crippen LogP contribution in [0.5, 0.6) is 5.75 Å². The molecule has 0 bridgehead atoms. The highest BCUT2D eigenvalue weighted by Crippen LogP contribution is 2.30. The molecule has 0 spiro atoms. The van der Waals surface area contributed by atoms with E-state index in [1.807, 2.05) is 0 Å². The molecule has 11 heteroatoms. The van der Waals surface area contributed by atoms with Gasteiger partial charge >= 0.3 is 5.97 Å². The van der Waals surface area contributed by atoms with Crippen molar-refractivity contribution >= 4 is 33.5 Å². The van der Waals surface area contributed by atoms with Crippen molar-refractivity contribution in [3.63, 3.8) is 0 Å². The van der Waals surface area contributed by atoms with Gasteiger partial charge in [0.05, 0.1) is 17.7 Å². The molecular weight excluding hydrogens is 450 g/mol. The van der Waals surface area contributed by atoms with Gasteiger partial charge in [0, 0.05) is 26.1 Å². The van der Waals surface area contributed by atoms with Gasteiger partial charge in [-0.3, -0.25) is 14.4 Å². The normalized spacial score (nSPS) is 17.8. The van der Waals surface area contributed by atoms with E-state index in [0.717, 1.165) is 38.5 Å². The minimum absolute atomic E-state index is 0.0529. The minimum atomic E-state index is -3.69. The predicted molar refractivity (Wildman–Crippen MR) is 120 cm³/mol. The Balaban J connectivity index is 1.60. The van der Waals surface area contributed by atoms with Crippen LogP contribution in [0.2, 0.25) is 0 Å². The molecular formula is C22H31N3O7S. The third-order valence-electron chi connectivity index (χ3n) is 5.75. The Hall–Kier alpha value is -2.66. The number of anilines is 1. The summed E-state index contributed by atoms with van der Waals surface area (Å²) in [5, 5.41) is 2.55. The van der Waals surface area contributed by atoms with E-state index >= 15 is 0 Å². The fraction of sp³-hybridized carbons (Fsp3) is 0.591. The average molecular weight is 482 g/mol. The molecule has 2 aliphatic rings. The highest BCUT2D eigenvalue weighted by Gasteiger charge is 2.27. The number of carbonyl (C=O) groups excluding carboxylic acids is 3. The van der Waals surface area contributed by atoms with Crippen LogP contribution in [0.3, 0.4) is 0 Å². The molecule has 10 nitrogen and oxygen atoms in total. The SMILES string of the molecule is COc1ccc(S(=O)(=O)N2CCCCC2)cc1NC(=O)COC(=O)CN1CCCCCC1=O. The van der Waals surface area contributed by atoms with Crippen molar-refractivity contribution < 1.29 is 32.3 Å². The first-order valence-electron chi connectivity index (χ1n) is 11.2. The van der Waals surface area contributed by atoms with Crippen LogP contribution in [0.1, 0.15) is 44.9 Å². The van der Waals surface area contributed by atoms with Crippen molar-refractivity contribution in [2.24, 2.45) is 0 Å². The summed E-state index contributed by atoms with van der Waals surface area (Å²) in [6, 6.07) is 4.26. The lowest BCUT2D eigenvalue weighted by atomic mass is 10.2. The van der Waals surface area contributed by atoms with E-state index < -0.39 is 28.5 Å². The number of likely N-dealkylation sites (tertiary alicyclic amines) is 1. The lowest BCUT2D eigenvalue weighted by molar-refractivity contribution is -0.151. The highest BCUT2D eigenvalue weighted by atomic mass is 32.2. The Labute approximate surface area is 194 Å². The largest absolute Gasteiger partial charge is 0.495 e. The van der Waals surface area contributed by atoms with Gasteiger partial charge in [0.15, 0.2) is 6.61 Å². The molecule has 1 aromatic rings. The van der Waals surface area contributed by atoms with Gasteiger partial charge in [-0.05, 0) is 43.9 Å².